The number of carbonyl (C=O) groups is 1. The lowest BCUT2D eigenvalue weighted by Crippen LogP contribution is -2.51. The summed E-state index contributed by atoms with van der Waals surface area (Å²) in [5.74, 6) is 0.442. The standard InChI is InChI=1S/C18H18BrClN2O4S/c19-14-1-5-16(6-2-14)26-13-18(23)21-9-11-22(12-10-21)27(24,25)17-7-3-15(20)4-8-17/h1-8H,9-13H2. The van der Waals surface area contributed by atoms with Gasteiger partial charge in [-0.15, -0.1) is 0 Å². The van der Waals surface area contributed by atoms with Crippen LogP contribution in [-0.4, -0.2) is 56.3 Å². The van der Waals surface area contributed by atoms with Gasteiger partial charge in [0.2, 0.25) is 10.0 Å². The number of rotatable bonds is 5. The van der Waals surface area contributed by atoms with Gasteiger partial charge < -0.3 is 9.64 Å². The largest absolute Gasteiger partial charge is 0.484 e. The van der Waals surface area contributed by atoms with Crippen molar-refractivity contribution in [1.82, 2.24) is 9.21 Å². The lowest BCUT2D eigenvalue weighted by molar-refractivity contribution is -0.134. The van der Waals surface area contributed by atoms with Crippen LogP contribution in [0, 0.1) is 0 Å². The Balaban J connectivity index is 1.54. The highest BCUT2D eigenvalue weighted by Crippen LogP contribution is 2.20. The number of carbonyl (C=O) groups excluding carboxylic acids is 1. The van der Waals surface area contributed by atoms with Gasteiger partial charge in [0.25, 0.3) is 5.91 Å². The first-order valence-corrected chi connectivity index (χ1v) is 10.9. The number of hydrogen-bond donors (Lipinski definition) is 0. The van der Waals surface area contributed by atoms with E-state index in [1.807, 2.05) is 12.1 Å². The van der Waals surface area contributed by atoms with Gasteiger partial charge in [-0.1, -0.05) is 27.5 Å². The van der Waals surface area contributed by atoms with Gasteiger partial charge in [0, 0.05) is 35.7 Å². The van der Waals surface area contributed by atoms with E-state index >= 15 is 0 Å². The quantitative estimate of drug-likeness (QED) is 0.669. The van der Waals surface area contributed by atoms with E-state index in [2.05, 4.69) is 15.9 Å². The number of benzene rings is 2. The Morgan fingerprint density at radius 1 is 1.00 bits per heavy atom. The third kappa shape index (κ3) is 5.01. The Bertz CT molecular complexity index is 896. The van der Waals surface area contributed by atoms with E-state index in [9.17, 15) is 13.2 Å². The molecule has 144 valence electrons. The van der Waals surface area contributed by atoms with Crippen LogP contribution in [0.15, 0.2) is 57.9 Å². The first-order chi connectivity index (χ1) is 12.9. The van der Waals surface area contributed by atoms with Crippen molar-refractivity contribution in [2.75, 3.05) is 32.8 Å². The fraction of sp³-hybridized carbons (Fsp3) is 0.278. The molecule has 1 fully saturated rings. The lowest BCUT2D eigenvalue weighted by Gasteiger charge is -2.34. The topological polar surface area (TPSA) is 66.9 Å². The maximum absolute atomic E-state index is 12.7. The van der Waals surface area contributed by atoms with Gasteiger partial charge in [-0.2, -0.15) is 4.31 Å². The summed E-state index contributed by atoms with van der Waals surface area (Å²) in [5.41, 5.74) is 0. The van der Waals surface area contributed by atoms with Crippen LogP contribution in [0.3, 0.4) is 0 Å². The predicted molar refractivity (Wildman–Crippen MR) is 106 cm³/mol. The van der Waals surface area contributed by atoms with E-state index < -0.39 is 10.0 Å². The van der Waals surface area contributed by atoms with Gasteiger partial charge in [-0.05, 0) is 48.5 Å². The maximum atomic E-state index is 12.7. The van der Waals surface area contributed by atoms with Crippen molar-refractivity contribution in [3.8, 4) is 5.75 Å². The highest BCUT2D eigenvalue weighted by Gasteiger charge is 2.30. The number of ether oxygens (including phenoxy) is 1. The van der Waals surface area contributed by atoms with Crippen LogP contribution >= 0.6 is 27.5 Å². The molecule has 0 radical (unpaired) electrons. The Hall–Kier alpha value is -1.61. The number of piperazine rings is 1. The van der Waals surface area contributed by atoms with Crippen molar-refractivity contribution in [2.24, 2.45) is 0 Å². The second-order valence-corrected chi connectivity index (χ2v) is 9.27. The minimum Gasteiger partial charge on any atom is -0.484 e. The molecule has 2 aromatic rings. The smallest absolute Gasteiger partial charge is 0.260 e. The molecule has 27 heavy (non-hydrogen) atoms. The Labute approximate surface area is 171 Å². The summed E-state index contributed by atoms with van der Waals surface area (Å²) in [6.07, 6.45) is 0. The van der Waals surface area contributed by atoms with Crippen LogP contribution < -0.4 is 4.74 Å². The van der Waals surface area contributed by atoms with E-state index in [1.165, 1.54) is 16.4 Å². The van der Waals surface area contributed by atoms with E-state index in [1.54, 1.807) is 29.2 Å². The molecule has 0 N–H and O–H groups in total. The van der Waals surface area contributed by atoms with Crippen molar-refractivity contribution < 1.29 is 17.9 Å². The Morgan fingerprint density at radius 3 is 2.19 bits per heavy atom. The normalized spacial score (nSPS) is 15.6. The fourth-order valence-electron chi connectivity index (χ4n) is 2.70. The number of sulfonamides is 1. The summed E-state index contributed by atoms with van der Waals surface area (Å²) in [4.78, 5) is 14.1. The van der Waals surface area contributed by atoms with Crippen LogP contribution in [0.2, 0.25) is 5.02 Å². The van der Waals surface area contributed by atoms with E-state index in [0.29, 0.717) is 23.9 Å². The highest BCUT2D eigenvalue weighted by molar-refractivity contribution is 9.10. The van der Waals surface area contributed by atoms with Gasteiger partial charge in [0.15, 0.2) is 6.61 Å². The second-order valence-electron chi connectivity index (χ2n) is 5.98. The van der Waals surface area contributed by atoms with Crippen molar-refractivity contribution in [3.05, 3.63) is 58.0 Å². The molecule has 0 saturated carbocycles. The number of hydrogen-bond acceptors (Lipinski definition) is 4. The minimum atomic E-state index is -3.59. The van der Waals surface area contributed by atoms with Crippen LogP contribution in [0.5, 0.6) is 5.75 Å². The summed E-state index contributed by atoms with van der Waals surface area (Å²) >= 11 is 9.16. The third-order valence-corrected chi connectivity index (χ3v) is 6.91. The lowest BCUT2D eigenvalue weighted by atomic mass is 10.3. The molecule has 1 aliphatic heterocycles. The number of halogens is 2. The van der Waals surface area contributed by atoms with Gasteiger partial charge >= 0.3 is 0 Å². The predicted octanol–water partition coefficient (Wildman–Crippen LogP) is 3.01. The Kier molecular flexibility index (Phi) is 6.41. The highest BCUT2D eigenvalue weighted by atomic mass is 79.9. The van der Waals surface area contributed by atoms with Crippen molar-refractivity contribution >= 4 is 43.5 Å². The molecule has 0 aromatic heterocycles. The molecule has 0 bridgehead atoms. The van der Waals surface area contributed by atoms with Gasteiger partial charge in [-0.25, -0.2) is 8.42 Å². The average molecular weight is 474 g/mol. The van der Waals surface area contributed by atoms with E-state index in [0.717, 1.165) is 4.47 Å². The molecule has 0 atom stereocenters. The summed E-state index contributed by atoms with van der Waals surface area (Å²) < 4.78 is 33.1. The minimum absolute atomic E-state index is 0.0778. The monoisotopic (exact) mass is 472 g/mol. The summed E-state index contributed by atoms with van der Waals surface area (Å²) in [6.45, 7) is 1.07. The zero-order chi connectivity index (χ0) is 19.4. The van der Waals surface area contributed by atoms with Crippen LogP contribution in [0.25, 0.3) is 0 Å². The molecule has 1 heterocycles. The number of amides is 1. The molecule has 1 saturated heterocycles. The third-order valence-electron chi connectivity index (χ3n) is 4.22. The molecular formula is C18H18BrClN2O4S. The fourth-order valence-corrected chi connectivity index (χ4v) is 4.51. The maximum Gasteiger partial charge on any atom is 0.260 e. The molecule has 0 unspecified atom stereocenters. The number of nitrogens with zero attached hydrogens (tertiary/aromatic N) is 2. The van der Waals surface area contributed by atoms with Crippen molar-refractivity contribution in [2.45, 2.75) is 4.90 Å². The van der Waals surface area contributed by atoms with Crippen LogP contribution in [0.1, 0.15) is 0 Å². The summed E-state index contributed by atoms with van der Waals surface area (Å²) in [7, 11) is -3.59. The zero-order valence-corrected chi connectivity index (χ0v) is 17.5. The first kappa shape index (κ1) is 20.1. The summed E-state index contributed by atoms with van der Waals surface area (Å²) in [6, 6.07) is 13.3. The molecule has 9 heteroatoms. The molecule has 3 rings (SSSR count). The zero-order valence-electron chi connectivity index (χ0n) is 14.3. The van der Waals surface area contributed by atoms with Crippen LogP contribution in [0.4, 0.5) is 0 Å². The molecule has 2 aromatic carbocycles. The average Bonchev–Trinajstić information content (AvgIpc) is 2.68. The van der Waals surface area contributed by atoms with Crippen molar-refractivity contribution in [1.29, 1.82) is 0 Å². The second kappa shape index (κ2) is 8.60. The molecular weight excluding hydrogens is 456 g/mol. The van der Waals surface area contributed by atoms with E-state index in [4.69, 9.17) is 16.3 Å². The first-order valence-electron chi connectivity index (χ1n) is 8.28. The SMILES string of the molecule is O=C(COc1ccc(Br)cc1)N1CCN(S(=O)(=O)c2ccc(Cl)cc2)CC1. The molecule has 0 spiro atoms. The van der Waals surface area contributed by atoms with Gasteiger partial charge in [-0.3, -0.25) is 4.79 Å². The molecule has 1 aliphatic rings. The molecule has 6 nitrogen and oxygen atoms in total. The molecule has 0 aliphatic carbocycles. The van der Waals surface area contributed by atoms with Crippen LogP contribution in [-0.2, 0) is 14.8 Å². The summed E-state index contributed by atoms with van der Waals surface area (Å²) in [5, 5.41) is 0.482. The van der Waals surface area contributed by atoms with E-state index in [-0.39, 0.29) is 30.5 Å². The van der Waals surface area contributed by atoms with Gasteiger partial charge in [0.05, 0.1) is 4.90 Å². The van der Waals surface area contributed by atoms with Crippen molar-refractivity contribution in [3.63, 3.8) is 0 Å². The van der Waals surface area contributed by atoms with Gasteiger partial charge in [0.1, 0.15) is 5.75 Å². The molecule has 1 amide bonds. The Morgan fingerprint density at radius 2 is 1.59 bits per heavy atom.